The molecule has 24 heavy (non-hydrogen) atoms. The lowest BCUT2D eigenvalue weighted by Gasteiger charge is -2.26. The number of rotatable bonds is 5. The summed E-state index contributed by atoms with van der Waals surface area (Å²) in [5.41, 5.74) is 0.417. The molecule has 0 unspecified atom stereocenters. The zero-order valence-corrected chi connectivity index (χ0v) is 16.4. The van der Waals surface area contributed by atoms with Crippen LogP contribution in [-0.2, 0) is 16.8 Å². The summed E-state index contributed by atoms with van der Waals surface area (Å²) in [7, 11) is 0. The van der Waals surface area contributed by atoms with Crippen LogP contribution in [-0.4, -0.2) is 17.0 Å². The maximum Gasteiger partial charge on any atom is 0.251 e. The van der Waals surface area contributed by atoms with Crippen LogP contribution >= 0.6 is 39.1 Å². The maximum atomic E-state index is 12.1. The highest BCUT2D eigenvalue weighted by Gasteiger charge is 2.22. The van der Waals surface area contributed by atoms with Crippen molar-refractivity contribution in [3.05, 3.63) is 67.0 Å². The van der Waals surface area contributed by atoms with E-state index in [0.717, 1.165) is 10.0 Å². The van der Waals surface area contributed by atoms with Crippen molar-refractivity contribution in [2.24, 2.45) is 0 Å². The number of hydrogen-bond donors (Lipinski definition) is 1. The van der Waals surface area contributed by atoms with Crippen LogP contribution in [0.25, 0.3) is 0 Å². The summed E-state index contributed by atoms with van der Waals surface area (Å²) in [6.45, 7) is 4.37. The molecule has 2 rings (SSSR count). The van der Waals surface area contributed by atoms with Crippen LogP contribution in [0.5, 0.6) is 0 Å². The third-order valence-electron chi connectivity index (χ3n) is 3.69. The van der Waals surface area contributed by atoms with Crippen molar-refractivity contribution in [1.29, 1.82) is 0 Å². The predicted molar refractivity (Wildman–Crippen MR) is 101 cm³/mol. The third kappa shape index (κ3) is 4.85. The number of nitrogens with zero attached hydrogens (tertiary/aromatic N) is 1. The van der Waals surface area contributed by atoms with Gasteiger partial charge in [0.1, 0.15) is 6.54 Å². The van der Waals surface area contributed by atoms with E-state index in [0.29, 0.717) is 16.6 Å². The average Bonchev–Trinajstić information content (AvgIpc) is 2.51. The van der Waals surface area contributed by atoms with Crippen LogP contribution in [0.3, 0.4) is 0 Å². The summed E-state index contributed by atoms with van der Waals surface area (Å²) in [4.78, 5) is 23.9. The van der Waals surface area contributed by atoms with Crippen molar-refractivity contribution in [3.8, 4) is 0 Å². The van der Waals surface area contributed by atoms with Crippen LogP contribution in [0.1, 0.15) is 19.4 Å². The highest BCUT2D eigenvalue weighted by Crippen LogP contribution is 2.29. The van der Waals surface area contributed by atoms with Crippen molar-refractivity contribution < 1.29 is 4.79 Å². The molecule has 0 aliphatic rings. The van der Waals surface area contributed by atoms with Gasteiger partial charge in [-0.25, -0.2) is 0 Å². The minimum atomic E-state index is -0.327. The smallest absolute Gasteiger partial charge is 0.251 e. The lowest BCUT2D eigenvalue weighted by atomic mass is 9.84. The van der Waals surface area contributed by atoms with Crippen molar-refractivity contribution in [3.63, 3.8) is 0 Å². The topological polar surface area (TPSA) is 51.1 Å². The second kappa shape index (κ2) is 7.72. The maximum absolute atomic E-state index is 12.1. The van der Waals surface area contributed by atoms with Crippen LogP contribution in [0.2, 0.25) is 10.0 Å². The Kier molecular flexibility index (Phi) is 6.12. The zero-order chi connectivity index (χ0) is 17.9. The van der Waals surface area contributed by atoms with Crippen LogP contribution in [0.15, 0.2) is 45.8 Å². The molecule has 0 saturated carbocycles. The molecule has 0 aliphatic heterocycles. The summed E-state index contributed by atoms with van der Waals surface area (Å²) in [6, 6.07) is 8.49. The van der Waals surface area contributed by atoms with E-state index < -0.39 is 0 Å². The molecule has 0 saturated heterocycles. The fourth-order valence-electron chi connectivity index (χ4n) is 2.18. The fraction of sp³-hybridized carbons (Fsp3) is 0.294. The zero-order valence-electron chi connectivity index (χ0n) is 13.3. The van der Waals surface area contributed by atoms with Crippen molar-refractivity contribution >= 4 is 45.0 Å². The van der Waals surface area contributed by atoms with Crippen molar-refractivity contribution in [2.75, 3.05) is 6.54 Å². The number of nitrogens with one attached hydrogen (secondary N) is 1. The van der Waals surface area contributed by atoms with Crippen LogP contribution in [0, 0.1) is 0 Å². The standard InChI is InChI=1S/C17H17BrCl2N2O2/c1-17(2,11-3-5-13(19)14(20)7-11)10-21-15(23)9-22-8-12(18)4-6-16(22)24/h3-8H,9-10H2,1-2H3,(H,21,23). The molecule has 1 aromatic carbocycles. The Balaban J connectivity index is 2.03. The summed E-state index contributed by atoms with van der Waals surface area (Å²) >= 11 is 15.3. The van der Waals surface area contributed by atoms with Gasteiger partial charge in [-0.05, 0) is 39.7 Å². The highest BCUT2D eigenvalue weighted by molar-refractivity contribution is 9.10. The van der Waals surface area contributed by atoms with E-state index in [9.17, 15) is 9.59 Å². The van der Waals surface area contributed by atoms with Gasteiger partial charge in [-0.1, -0.05) is 43.1 Å². The Morgan fingerprint density at radius 3 is 2.58 bits per heavy atom. The summed E-state index contributed by atoms with van der Waals surface area (Å²) in [5, 5.41) is 3.84. The van der Waals surface area contributed by atoms with E-state index in [4.69, 9.17) is 23.2 Å². The van der Waals surface area contributed by atoms with E-state index in [1.165, 1.54) is 10.6 Å². The molecule has 128 valence electrons. The normalized spacial score (nSPS) is 11.4. The molecule has 0 aliphatic carbocycles. The molecule has 0 radical (unpaired) electrons. The minimum Gasteiger partial charge on any atom is -0.354 e. The Labute approximate surface area is 158 Å². The number of carbonyl (C=O) groups is 1. The Hall–Kier alpha value is -1.30. The lowest BCUT2D eigenvalue weighted by Crippen LogP contribution is -2.39. The Morgan fingerprint density at radius 2 is 1.92 bits per heavy atom. The van der Waals surface area contributed by atoms with Gasteiger partial charge in [-0.3, -0.25) is 9.59 Å². The number of carbonyl (C=O) groups excluding carboxylic acids is 1. The van der Waals surface area contributed by atoms with Gasteiger partial charge in [0.15, 0.2) is 0 Å². The fourth-order valence-corrected chi connectivity index (χ4v) is 2.85. The number of amides is 1. The lowest BCUT2D eigenvalue weighted by molar-refractivity contribution is -0.121. The first-order chi connectivity index (χ1) is 11.2. The summed E-state index contributed by atoms with van der Waals surface area (Å²) < 4.78 is 2.09. The van der Waals surface area contributed by atoms with Gasteiger partial charge >= 0.3 is 0 Å². The number of halogens is 3. The first-order valence-electron chi connectivity index (χ1n) is 7.27. The van der Waals surface area contributed by atoms with Crippen LogP contribution in [0.4, 0.5) is 0 Å². The molecule has 7 heteroatoms. The van der Waals surface area contributed by atoms with Crippen molar-refractivity contribution in [2.45, 2.75) is 25.8 Å². The SMILES string of the molecule is CC(C)(CNC(=O)Cn1cc(Br)ccc1=O)c1ccc(Cl)c(Cl)c1. The third-order valence-corrected chi connectivity index (χ3v) is 4.90. The van der Waals surface area contributed by atoms with Gasteiger partial charge in [0.05, 0.1) is 10.0 Å². The van der Waals surface area contributed by atoms with E-state index >= 15 is 0 Å². The van der Waals surface area contributed by atoms with Crippen molar-refractivity contribution in [1.82, 2.24) is 9.88 Å². The molecular weight excluding hydrogens is 415 g/mol. The monoisotopic (exact) mass is 430 g/mol. The quantitative estimate of drug-likeness (QED) is 0.777. The van der Waals surface area contributed by atoms with Gasteiger partial charge in [-0.15, -0.1) is 0 Å². The molecule has 0 atom stereocenters. The Bertz CT molecular complexity index is 818. The molecule has 4 nitrogen and oxygen atoms in total. The molecule has 1 N–H and O–H groups in total. The largest absolute Gasteiger partial charge is 0.354 e. The molecule has 0 bridgehead atoms. The second-order valence-electron chi connectivity index (χ2n) is 6.10. The van der Waals surface area contributed by atoms with Gasteiger partial charge in [0.2, 0.25) is 5.91 Å². The highest BCUT2D eigenvalue weighted by atomic mass is 79.9. The van der Waals surface area contributed by atoms with Crippen LogP contribution < -0.4 is 10.9 Å². The van der Waals surface area contributed by atoms with Gasteiger partial charge in [-0.2, -0.15) is 0 Å². The Morgan fingerprint density at radius 1 is 1.21 bits per heavy atom. The van der Waals surface area contributed by atoms with E-state index in [1.54, 1.807) is 24.4 Å². The molecule has 0 spiro atoms. The molecule has 1 aromatic heterocycles. The number of pyridine rings is 1. The minimum absolute atomic E-state index is 0.0320. The first-order valence-corrected chi connectivity index (χ1v) is 8.82. The van der Waals surface area contributed by atoms with Gasteiger partial charge in [0, 0.05) is 28.7 Å². The van der Waals surface area contributed by atoms with Gasteiger partial charge < -0.3 is 9.88 Å². The van der Waals surface area contributed by atoms with E-state index in [1.807, 2.05) is 19.9 Å². The summed E-state index contributed by atoms with van der Waals surface area (Å²) in [5.74, 6) is -0.233. The molecular formula is C17H17BrCl2N2O2. The molecule has 0 fully saturated rings. The molecule has 1 amide bonds. The summed E-state index contributed by atoms with van der Waals surface area (Å²) in [6.07, 6.45) is 1.59. The van der Waals surface area contributed by atoms with E-state index in [2.05, 4.69) is 21.2 Å². The first kappa shape index (κ1) is 19.0. The molecule has 1 heterocycles. The average molecular weight is 432 g/mol. The predicted octanol–water partition coefficient (Wildman–Crippen LogP) is 4.01. The van der Waals surface area contributed by atoms with E-state index in [-0.39, 0.29) is 23.4 Å². The number of aromatic nitrogens is 1. The second-order valence-corrected chi connectivity index (χ2v) is 7.83. The molecule has 2 aromatic rings. The number of benzene rings is 1. The van der Waals surface area contributed by atoms with Gasteiger partial charge in [0.25, 0.3) is 5.56 Å². The number of hydrogen-bond acceptors (Lipinski definition) is 2.